The van der Waals surface area contributed by atoms with Gasteiger partial charge in [-0.05, 0) is 18.2 Å². The van der Waals surface area contributed by atoms with Gasteiger partial charge in [0, 0.05) is 0 Å². The highest BCUT2D eigenvalue weighted by Gasteiger charge is 2.10. The molecule has 5 nitrogen and oxygen atoms in total. The molecule has 7 heteroatoms. The van der Waals surface area contributed by atoms with Gasteiger partial charge in [-0.2, -0.15) is 0 Å². The molecule has 0 fully saturated rings. The first-order chi connectivity index (χ1) is 5.97. The number of halogens is 1. The van der Waals surface area contributed by atoms with E-state index in [0.717, 1.165) is 6.07 Å². The molecule has 0 aromatic heterocycles. The summed E-state index contributed by atoms with van der Waals surface area (Å²) in [5.74, 6) is -0.488. The summed E-state index contributed by atoms with van der Waals surface area (Å²) in [7, 11) is -4.33. The first kappa shape index (κ1) is 10.1. The second-order valence-electron chi connectivity index (χ2n) is 2.29. The highest BCUT2D eigenvalue weighted by atomic mass is 31.2. The van der Waals surface area contributed by atoms with Crippen molar-refractivity contribution in [1.29, 1.82) is 0 Å². The van der Waals surface area contributed by atoms with E-state index in [-0.39, 0.29) is 5.69 Å². The Morgan fingerprint density at radius 3 is 2.62 bits per heavy atom. The van der Waals surface area contributed by atoms with Crippen molar-refractivity contribution in [1.82, 2.24) is 5.20 Å². The monoisotopic (exact) mass is 206 g/mol. The van der Waals surface area contributed by atoms with Gasteiger partial charge in [0.2, 0.25) is 0 Å². The predicted molar refractivity (Wildman–Crippen MR) is 45.2 cm³/mol. The Morgan fingerprint density at radius 2 is 2.08 bits per heavy atom. The number of hydrogen-bond acceptors (Lipinski definition) is 2. The van der Waals surface area contributed by atoms with E-state index < -0.39 is 13.6 Å². The van der Waals surface area contributed by atoms with Crippen molar-refractivity contribution in [3.8, 4) is 0 Å². The van der Waals surface area contributed by atoms with Crippen LogP contribution in [-0.2, 0) is 4.57 Å². The molecule has 0 unspecified atom stereocenters. The van der Waals surface area contributed by atoms with Crippen molar-refractivity contribution < 1.29 is 18.7 Å². The second-order valence-corrected chi connectivity index (χ2v) is 3.60. The molecule has 1 rings (SSSR count). The van der Waals surface area contributed by atoms with E-state index in [4.69, 9.17) is 9.79 Å². The lowest BCUT2D eigenvalue weighted by atomic mass is 10.3. The van der Waals surface area contributed by atoms with Crippen molar-refractivity contribution >= 4 is 13.4 Å². The first-order valence-electron chi connectivity index (χ1n) is 3.32. The van der Waals surface area contributed by atoms with Crippen molar-refractivity contribution in [3.05, 3.63) is 30.1 Å². The molecule has 0 aliphatic heterocycles. The van der Waals surface area contributed by atoms with Gasteiger partial charge in [0.05, 0.1) is 5.69 Å². The van der Waals surface area contributed by atoms with Crippen LogP contribution in [0.1, 0.15) is 0 Å². The van der Waals surface area contributed by atoms with Gasteiger partial charge in [0.25, 0.3) is 0 Å². The zero-order valence-electron chi connectivity index (χ0n) is 6.44. The van der Waals surface area contributed by atoms with Crippen LogP contribution in [0.5, 0.6) is 0 Å². The lowest BCUT2D eigenvalue weighted by Gasteiger charge is -2.08. The Bertz CT molecular complexity index is 340. The van der Waals surface area contributed by atoms with Crippen LogP contribution in [-0.4, -0.2) is 9.79 Å². The number of anilines is 1. The van der Waals surface area contributed by atoms with Gasteiger partial charge in [0.1, 0.15) is 5.82 Å². The average Bonchev–Trinajstić information content (AvgIpc) is 2.00. The molecule has 1 aromatic carbocycles. The van der Waals surface area contributed by atoms with E-state index in [1.807, 2.05) is 0 Å². The van der Waals surface area contributed by atoms with Gasteiger partial charge < -0.3 is 15.2 Å². The molecule has 13 heavy (non-hydrogen) atoms. The number of hydrazine groups is 1. The summed E-state index contributed by atoms with van der Waals surface area (Å²) < 4.78 is 22.8. The van der Waals surface area contributed by atoms with Crippen molar-refractivity contribution in [2.24, 2.45) is 0 Å². The third-order valence-electron chi connectivity index (χ3n) is 1.17. The third kappa shape index (κ3) is 4.00. The number of nitrogens with one attached hydrogen (secondary N) is 2. The van der Waals surface area contributed by atoms with Crippen LogP contribution in [0, 0.1) is 5.82 Å². The molecule has 72 valence electrons. The second kappa shape index (κ2) is 3.85. The summed E-state index contributed by atoms with van der Waals surface area (Å²) in [6.45, 7) is 0. The summed E-state index contributed by atoms with van der Waals surface area (Å²) in [6.07, 6.45) is 0. The maximum atomic E-state index is 12.5. The zero-order valence-corrected chi connectivity index (χ0v) is 7.33. The first-order valence-corrected chi connectivity index (χ1v) is 4.93. The molecule has 1 aromatic rings. The fourth-order valence-corrected chi connectivity index (χ4v) is 0.978. The minimum atomic E-state index is -4.33. The average molecular weight is 206 g/mol. The highest BCUT2D eigenvalue weighted by Crippen LogP contribution is 2.27. The van der Waals surface area contributed by atoms with Crippen LogP contribution in [0.3, 0.4) is 0 Å². The number of benzene rings is 1. The lowest BCUT2D eigenvalue weighted by molar-refractivity contribution is 0.362. The Hall–Kier alpha value is -0.940. The summed E-state index contributed by atoms with van der Waals surface area (Å²) in [5.41, 5.74) is 2.41. The minimum absolute atomic E-state index is 0.239. The van der Waals surface area contributed by atoms with Gasteiger partial charge >= 0.3 is 7.75 Å². The SMILES string of the molecule is O=P(O)(O)NNc1cccc(F)c1. The van der Waals surface area contributed by atoms with Gasteiger partial charge in [-0.1, -0.05) is 6.07 Å². The van der Waals surface area contributed by atoms with Crippen LogP contribution in [0.4, 0.5) is 10.1 Å². The van der Waals surface area contributed by atoms with Crippen LogP contribution in [0.25, 0.3) is 0 Å². The Labute approximate surface area is 73.8 Å². The predicted octanol–water partition coefficient (Wildman–Crippen LogP) is 0.835. The molecule has 0 aliphatic rings. The van der Waals surface area contributed by atoms with Crippen LogP contribution >= 0.6 is 7.75 Å². The van der Waals surface area contributed by atoms with E-state index in [1.165, 1.54) is 18.2 Å². The van der Waals surface area contributed by atoms with Gasteiger partial charge in [-0.25, -0.2) is 8.96 Å². The molecular weight excluding hydrogens is 198 g/mol. The smallest absolute Gasteiger partial charge is 0.312 e. The van der Waals surface area contributed by atoms with Crippen LogP contribution in [0.2, 0.25) is 0 Å². The van der Waals surface area contributed by atoms with Crippen molar-refractivity contribution in [2.75, 3.05) is 5.43 Å². The number of hydrogen-bond donors (Lipinski definition) is 4. The fraction of sp³-hybridized carbons (Fsp3) is 0. The summed E-state index contributed by atoms with van der Waals surface area (Å²) >= 11 is 0. The largest absolute Gasteiger partial charge is 0.417 e. The zero-order chi connectivity index (χ0) is 9.90. The molecule has 0 atom stereocenters. The Morgan fingerprint density at radius 1 is 1.38 bits per heavy atom. The molecule has 0 bridgehead atoms. The van der Waals surface area contributed by atoms with Crippen molar-refractivity contribution in [3.63, 3.8) is 0 Å². The van der Waals surface area contributed by atoms with Crippen molar-refractivity contribution in [2.45, 2.75) is 0 Å². The van der Waals surface area contributed by atoms with Gasteiger partial charge in [-0.15, -0.1) is 5.20 Å². The third-order valence-corrected chi connectivity index (χ3v) is 1.57. The molecule has 0 spiro atoms. The quantitative estimate of drug-likeness (QED) is 0.435. The van der Waals surface area contributed by atoms with E-state index in [2.05, 4.69) is 5.43 Å². The Kier molecular flexibility index (Phi) is 3.00. The number of rotatable bonds is 3. The molecule has 0 saturated carbocycles. The lowest BCUT2D eigenvalue weighted by Crippen LogP contribution is -2.17. The molecule has 0 amide bonds. The molecule has 0 aliphatic carbocycles. The maximum absolute atomic E-state index is 12.5. The van der Waals surface area contributed by atoms with Crippen LogP contribution < -0.4 is 10.6 Å². The van der Waals surface area contributed by atoms with Crippen LogP contribution in [0.15, 0.2) is 24.3 Å². The summed E-state index contributed by atoms with van der Waals surface area (Å²) in [4.78, 5) is 16.8. The fourth-order valence-electron chi connectivity index (χ4n) is 0.704. The molecule has 0 radical (unpaired) electrons. The van der Waals surface area contributed by atoms with Gasteiger partial charge in [0.15, 0.2) is 0 Å². The Balaban J connectivity index is 2.60. The topological polar surface area (TPSA) is 81.6 Å². The summed E-state index contributed by atoms with van der Waals surface area (Å²) in [6, 6.07) is 5.20. The highest BCUT2D eigenvalue weighted by molar-refractivity contribution is 7.49. The van der Waals surface area contributed by atoms with E-state index in [9.17, 15) is 8.96 Å². The van der Waals surface area contributed by atoms with Gasteiger partial charge in [-0.3, -0.25) is 0 Å². The van der Waals surface area contributed by atoms with E-state index in [0.29, 0.717) is 0 Å². The maximum Gasteiger partial charge on any atom is 0.417 e. The molecule has 4 N–H and O–H groups in total. The molecular formula is C6H8FN2O3P. The normalized spacial score (nSPS) is 11.3. The molecule has 0 heterocycles. The summed E-state index contributed by atoms with van der Waals surface area (Å²) in [5, 5.41) is 1.72. The standard InChI is InChI=1S/C6H8FN2O3P/c7-5-2-1-3-6(4-5)8-9-13(10,11)12/h1-4,8H,(H3,9,10,11,12). The van der Waals surface area contributed by atoms with E-state index in [1.54, 1.807) is 5.20 Å². The minimum Gasteiger partial charge on any atom is -0.312 e. The molecule has 0 saturated heterocycles. The van der Waals surface area contributed by atoms with E-state index >= 15 is 0 Å².